The zero-order valence-electron chi connectivity index (χ0n) is 16.4. The van der Waals surface area contributed by atoms with E-state index in [1.54, 1.807) is 7.05 Å². The highest BCUT2D eigenvalue weighted by molar-refractivity contribution is 5.94. The molecule has 1 N–H and O–H groups in total. The maximum atomic E-state index is 12.5. The second-order valence-electron chi connectivity index (χ2n) is 6.77. The summed E-state index contributed by atoms with van der Waals surface area (Å²) < 4.78 is 0. The first-order valence-electron chi connectivity index (χ1n) is 9.34. The number of aryl methyl sites for hydroxylation is 1. The Balaban J connectivity index is 1.78. The lowest BCUT2D eigenvalue weighted by Gasteiger charge is -2.23. The van der Waals surface area contributed by atoms with Crippen LogP contribution >= 0.6 is 0 Å². The van der Waals surface area contributed by atoms with E-state index in [0.717, 1.165) is 30.8 Å². The predicted molar refractivity (Wildman–Crippen MR) is 110 cm³/mol. The van der Waals surface area contributed by atoms with Crippen LogP contribution < -0.4 is 5.32 Å². The second kappa shape index (κ2) is 10.5. The molecule has 0 bridgehead atoms. The zero-order valence-corrected chi connectivity index (χ0v) is 16.4. The van der Waals surface area contributed by atoms with Crippen LogP contribution in [0.3, 0.4) is 0 Å². The van der Waals surface area contributed by atoms with Gasteiger partial charge in [-0.05, 0) is 37.6 Å². The van der Waals surface area contributed by atoms with Crippen molar-refractivity contribution < 1.29 is 9.59 Å². The number of anilines is 1. The van der Waals surface area contributed by atoms with E-state index < -0.39 is 0 Å². The summed E-state index contributed by atoms with van der Waals surface area (Å²) >= 11 is 0. The van der Waals surface area contributed by atoms with Gasteiger partial charge in [0.1, 0.15) is 0 Å². The molecule has 0 spiro atoms. The third kappa shape index (κ3) is 7.23. The molecule has 0 aliphatic carbocycles. The highest BCUT2D eigenvalue weighted by Gasteiger charge is 2.16. The number of amides is 2. The fourth-order valence-corrected chi connectivity index (χ4v) is 2.73. The van der Waals surface area contributed by atoms with Crippen molar-refractivity contribution in [2.45, 2.75) is 20.3 Å². The van der Waals surface area contributed by atoms with Gasteiger partial charge in [0.05, 0.1) is 13.1 Å². The number of benzene rings is 2. The molecule has 0 fully saturated rings. The molecule has 0 radical (unpaired) electrons. The van der Waals surface area contributed by atoms with E-state index in [4.69, 9.17) is 0 Å². The van der Waals surface area contributed by atoms with E-state index in [1.165, 1.54) is 10.5 Å². The van der Waals surface area contributed by atoms with Gasteiger partial charge in [-0.1, -0.05) is 55.0 Å². The number of hydrogen-bond donors (Lipinski definition) is 1. The van der Waals surface area contributed by atoms with Gasteiger partial charge in [-0.3, -0.25) is 14.5 Å². The summed E-state index contributed by atoms with van der Waals surface area (Å²) in [5, 5.41) is 2.82. The van der Waals surface area contributed by atoms with Crippen molar-refractivity contribution in [2.75, 3.05) is 38.5 Å². The van der Waals surface area contributed by atoms with E-state index >= 15 is 0 Å². The predicted octanol–water partition coefficient (Wildman–Crippen LogP) is 2.96. The van der Waals surface area contributed by atoms with Crippen molar-refractivity contribution in [2.24, 2.45) is 0 Å². The fourth-order valence-electron chi connectivity index (χ4n) is 2.73. The summed E-state index contributed by atoms with van der Waals surface area (Å²) in [6.07, 6.45) is 0.902. The molecule has 0 aliphatic heterocycles. The van der Waals surface area contributed by atoms with Gasteiger partial charge in [-0.2, -0.15) is 0 Å². The summed E-state index contributed by atoms with van der Waals surface area (Å²) in [6.45, 7) is 6.01. The fraction of sp³-hybridized carbons (Fsp3) is 0.364. The number of carbonyl (C=O) groups excluding carboxylic acids is 2. The minimum atomic E-state index is -0.193. The molecular weight excluding hydrogens is 338 g/mol. The average Bonchev–Trinajstić information content (AvgIpc) is 2.67. The average molecular weight is 367 g/mol. The molecule has 2 aromatic carbocycles. The first-order chi connectivity index (χ1) is 13.0. The Morgan fingerprint density at radius 3 is 2.26 bits per heavy atom. The molecule has 0 saturated carbocycles. The van der Waals surface area contributed by atoms with Crippen molar-refractivity contribution in [1.82, 2.24) is 9.80 Å². The molecular formula is C22H29N3O2. The maximum absolute atomic E-state index is 12.5. The molecule has 0 unspecified atom stereocenters. The van der Waals surface area contributed by atoms with Crippen LogP contribution in [-0.2, 0) is 16.0 Å². The van der Waals surface area contributed by atoms with E-state index in [9.17, 15) is 9.59 Å². The summed E-state index contributed by atoms with van der Waals surface area (Å²) in [6, 6.07) is 17.8. The smallest absolute Gasteiger partial charge is 0.243 e. The molecule has 2 aromatic rings. The van der Waals surface area contributed by atoms with Gasteiger partial charge >= 0.3 is 0 Å². The van der Waals surface area contributed by atoms with Gasteiger partial charge < -0.3 is 10.2 Å². The molecule has 0 aromatic heterocycles. The maximum Gasteiger partial charge on any atom is 0.243 e. The zero-order chi connectivity index (χ0) is 19.6. The first kappa shape index (κ1) is 20.6. The molecule has 0 saturated heterocycles. The lowest BCUT2D eigenvalue weighted by Crippen LogP contribution is -2.42. The normalized spacial score (nSPS) is 10.7. The Morgan fingerprint density at radius 1 is 0.963 bits per heavy atom. The van der Waals surface area contributed by atoms with Crippen molar-refractivity contribution >= 4 is 17.5 Å². The SMILES string of the molecule is CCN(CCc1ccccc1)CC(=O)N(C)CC(=O)Nc1ccc(C)cc1. The van der Waals surface area contributed by atoms with Crippen LogP contribution in [0.1, 0.15) is 18.1 Å². The van der Waals surface area contributed by atoms with Crippen LogP contribution in [0.25, 0.3) is 0 Å². The molecule has 5 nitrogen and oxygen atoms in total. The minimum absolute atomic E-state index is 0.0446. The highest BCUT2D eigenvalue weighted by Crippen LogP contribution is 2.08. The largest absolute Gasteiger partial charge is 0.335 e. The summed E-state index contributed by atoms with van der Waals surface area (Å²) in [5.74, 6) is -0.244. The standard InChI is InChI=1S/C22H29N3O2/c1-4-25(15-14-19-8-6-5-7-9-19)17-22(27)24(3)16-21(26)23-20-12-10-18(2)11-13-20/h5-13H,4,14-17H2,1-3H3,(H,23,26). The van der Waals surface area contributed by atoms with Crippen molar-refractivity contribution in [3.63, 3.8) is 0 Å². The van der Waals surface area contributed by atoms with Gasteiger partial charge in [0, 0.05) is 19.3 Å². The van der Waals surface area contributed by atoms with E-state index in [1.807, 2.05) is 56.3 Å². The summed E-state index contributed by atoms with van der Waals surface area (Å²) in [4.78, 5) is 28.2. The quantitative estimate of drug-likeness (QED) is 0.741. The second-order valence-corrected chi connectivity index (χ2v) is 6.77. The summed E-state index contributed by atoms with van der Waals surface area (Å²) in [5.41, 5.74) is 3.13. The molecule has 144 valence electrons. The topological polar surface area (TPSA) is 52.7 Å². The summed E-state index contributed by atoms with van der Waals surface area (Å²) in [7, 11) is 1.67. The number of rotatable bonds is 9. The van der Waals surface area contributed by atoms with Gasteiger partial charge in [-0.25, -0.2) is 0 Å². The van der Waals surface area contributed by atoms with E-state index in [0.29, 0.717) is 6.54 Å². The van der Waals surface area contributed by atoms with Crippen molar-refractivity contribution in [1.29, 1.82) is 0 Å². The van der Waals surface area contributed by atoms with E-state index in [2.05, 4.69) is 22.3 Å². The number of carbonyl (C=O) groups is 2. The van der Waals surface area contributed by atoms with Crippen LogP contribution in [0.2, 0.25) is 0 Å². The lowest BCUT2D eigenvalue weighted by molar-refractivity contribution is -0.134. The van der Waals surface area contributed by atoms with Gasteiger partial charge in [0.15, 0.2) is 0 Å². The van der Waals surface area contributed by atoms with Gasteiger partial charge in [-0.15, -0.1) is 0 Å². The third-order valence-corrected chi connectivity index (χ3v) is 4.51. The van der Waals surface area contributed by atoms with Gasteiger partial charge in [0.2, 0.25) is 11.8 Å². The number of nitrogens with zero attached hydrogens (tertiary/aromatic N) is 2. The van der Waals surface area contributed by atoms with Crippen LogP contribution in [0.4, 0.5) is 5.69 Å². The van der Waals surface area contributed by atoms with E-state index in [-0.39, 0.29) is 18.4 Å². The number of nitrogens with one attached hydrogen (secondary N) is 1. The monoisotopic (exact) mass is 367 g/mol. The van der Waals surface area contributed by atoms with Crippen LogP contribution in [0.15, 0.2) is 54.6 Å². The lowest BCUT2D eigenvalue weighted by atomic mass is 10.1. The van der Waals surface area contributed by atoms with Crippen LogP contribution in [0, 0.1) is 6.92 Å². The van der Waals surface area contributed by atoms with Crippen LogP contribution in [0.5, 0.6) is 0 Å². The number of likely N-dealkylation sites (N-methyl/N-ethyl adjacent to an activating group) is 2. The Kier molecular flexibility index (Phi) is 8.01. The molecule has 0 atom stereocenters. The Bertz CT molecular complexity index is 729. The van der Waals surface area contributed by atoms with Crippen LogP contribution in [-0.4, -0.2) is 54.8 Å². The molecule has 5 heteroatoms. The molecule has 2 rings (SSSR count). The molecule has 0 aliphatic rings. The number of hydrogen-bond acceptors (Lipinski definition) is 3. The minimum Gasteiger partial charge on any atom is -0.335 e. The van der Waals surface area contributed by atoms with Crippen molar-refractivity contribution in [3.8, 4) is 0 Å². The first-order valence-corrected chi connectivity index (χ1v) is 9.34. The van der Waals surface area contributed by atoms with Gasteiger partial charge in [0.25, 0.3) is 0 Å². The molecule has 2 amide bonds. The Labute approximate surface area is 162 Å². The highest BCUT2D eigenvalue weighted by atomic mass is 16.2. The third-order valence-electron chi connectivity index (χ3n) is 4.51. The molecule has 0 heterocycles. The molecule has 27 heavy (non-hydrogen) atoms. The van der Waals surface area contributed by atoms with Crippen molar-refractivity contribution in [3.05, 3.63) is 65.7 Å². The Hall–Kier alpha value is -2.66. The Morgan fingerprint density at radius 2 is 1.63 bits per heavy atom.